The van der Waals surface area contributed by atoms with Crippen molar-refractivity contribution in [2.24, 2.45) is 0 Å². The van der Waals surface area contributed by atoms with Crippen LogP contribution in [0.1, 0.15) is 29.2 Å². The van der Waals surface area contributed by atoms with Gasteiger partial charge in [-0.1, -0.05) is 42.5 Å². The van der Waals surface area contributed by atoms with E-state index >= 15 is 0 Å². The molecule has 2 amide bonds. The summed E-state index contributed by atoms with van der Waals surface area (Å²) in [5.41, 5.74) is 2.36. The van der Waals surface area contributed by atoms with Crippen LogP contribution in [0.25, 0.3) is 0 Å². The predicted molar refractivity (Wildman–Crippen MR) is 144 cm³/mol. The number of hydrogen-bond acceptors (Lipinski definition) is 6. The fourth-order valence-corrected chi connectivity index (χ4v) is 5.09. The van der Waals surface area contributed by atoms with Crippen molar-refractivity contribution in [3.05, 3.63) is 89.5 Å². The molecule has 1 aliphatic heterocycles. The fourth-order valence-electron chi connectivity index (χ4n) is 5.09. The maximum absolute atomic E-state index is 13.6. The fraction of sp³-hybridized carbons (Fsp3) is 0.300. The molecular formula is C30H32N2O7. The molecular weight excluding hydrogens is 500 g/mol. The van der Waals surface area contributed by atoms with Crippen LogP contribution >= 0.6 is 0 Å². The lowest BCUT2D eigenvalue weighted by atomic mass is 9.87. The number of amides is 2. The highest BCUT2D eigenvalue weighted by Crippen LogP contribution is 2.38. The van der Waals surface area contributed by atoms with E-state index < -0.39 is 24.2 Å². The van der Waals surface area contributed by atoms with E-state index in [1.54, 1.807) is 56.7 Å². The summed E-state index contributed by atoms with van der Waals surface area (Å²) in [6.45, 7) is 0.167. The van der Waals surface area contributed by atoms with E-state index in [1.165, 1.54) is 16.9 Å². The molecule has 0 saturated carbocycles. The summed E-state index contributed by atoms with van der Waals surface area (Å²) in [6.07, 6.45) is -0.160. The number of benzene rings is 3. The smallest absolute Gasteiger partial charge is 0.408 e. The van der Waals surface area contributed by atoms with Crippen LogP contribution in [-0.2, 0) is 22.6 Å². The normalized spacial score (nSPS) is 17.1. The van der Waals surface area contributed by atoms with Crippen LogP contribution in [-0.4, -0.2) is 66.6 Å². The monoisotopic (exact) mass is 532 g/mol. The first-order valence-corrected chi connectivity index (χ1v) is 12.6. The zero-order valence-electron chi connectivity index (χ0n) is 22.2. The van der Waals surface area contributed by atoms with Gasteiger partial charge in [0.1, 0.15) is 29.6 Å². The van der Waals surface area contributed by atoms with E-state index in [1.807, 2.05) is 30.3 Å². The van der Waals surface area contributed by atoms with Gasteiger partial charge < -0.3 is 29.0 Å². The van der Waals surface area contributed by atoms with E-state index in [2.05, 4.69) is 0 Å². The third kappa shape index (κ3) is 5.82. The molecule has 9 heteroatoms. The molecule has 0 aliphatic carbocycles. The second kappa shape index (κ2) is 12.3. The number of carboxylic acid groups (broad SMARTS) is 1. The van der Waals surface area contributed by atoms with Gasteiger partial charge in [0.15, 0.2) is 0 Å². The van der Waals surface area contributed by atoms with Gasteiger partial charge in [0.05, 0.1) is 33.4 Å². The van der Waals surface area contributed by atoms with Crippen molar-refractivity contribution in [1.29, 1.82) is 0 Å². The number of carbonyl (C=O) groups excluding carboxylic acids is 2. The Morgan fingerprint density at radius 3 is 2.23 bits per heavy atom. The van der Waals surface area contributed by atoms with Crippen LogP contribution in [0.2, 0.25) is 0 Å². The molecule has 1 saturated heterocycles. The molecule has 1 heterocycles. The number of aldehydes is 1. The van der Waals surface area contributed by atoms with Gasteiger partial charge in [0.2, 0.25) is 5.91 Å². The van der Waals surface area contributed by atoms with Crippen LogP contribution < -0.4 is 14.2 Å². The number of nitrogens with zero attached hydrogens (tertiary/aromatic N) is 2. The minimum absolute atomic E-state index is 0.000668. The largest absolute Gasteiger partial charge is 0.497 e. The highest BCUT2D eigenvalue weighted by molar-refractivity contribution is 5.93. The molecule has 4 rings (SSSR count). The summed E-state index contributed by atoms with van der Waals surface area (Å²) in [5, 5.41) is 10.4. The topological polar surface area (TPSA) is 106 Å². The SMILES string of the molecule is COc1ccc(C(Cc2ccccc2)N(C(=O)O)[C@@H]2C(=O)N(Cc3ccc(OC)cc3OC)[C@@H]2CC=O)cc1. The third-order valence-electron chi connectivity index (χ3n) is 7.10. The third-order valence-corrected chi connectivity index (χ3v) is 7.10. The van der Waals surface area contributed by atoms with Crippen molar-refractivity contribution in [3.8, 4) is 17.2 Å². The van der Waals surface area contributed by atoms with E-state index in [0.29, 0.717) is 23.7 Å². The van der Waals surface area contributed by atoms with Crippen LogP contribution in [0.4, 0.5) is 4.79 Å². The molecule has 3 atom stereocenters. The lowest BCUT2D eigenvalue weighted by molar-refractivity contribution is -0.161. The molecule has 0 aromatic heterocycles. The standard InChI is InChI=1S/C30H32N2O7/c1-37-23-12-9-21(10-13-23)26(17-20-7-5-4-6-8-20)32(30(35)36)28-25(15-16-33)31(29(28)34)19-22-11-14-24(38-2)18-27(22)39-3/h4-14,16,18,25-26,28H,15,17,19H2,1-3H3,(H,35,36)/t25-,26?,28+/m1/s1. The second-order valence-electron chi connectivity index (χ2n) is 9.23. The summed E-state index contributed by atoms with van der Waals surface area (Å²) in [5.74, 6) is 1.41. The molecule has 3 aromatic carbocycles. The molecule has 1 aliphatic rings. The van der Waals surface area contributed by atoms with E-state index in [-0.39, 0.29) is 18.9 Å². The Balaban J connectivity index is 1.69. The van der Waals surface area contributed by atoms with Gasteiger partial charge in [-0.05, 0) is 41.8 Å². The van der Waals surface area contributed by atoms with Crippen molar-refractivity contribution in [3.63, 3.8) is 0 Å². The molecule has 1 N–H and O–H groups in total. The number of hydrogen-bond donors (Lipinski definition) is 1. The predicted octanol–water partition coefficient (Wildman–Crippen LogP) is 4.34. The molecule has 0 bridgehead atoms. The summed E-state index contributed by atoms with van der Waals surface area (Å²) in [6, 6.07) is 19.6. The average molecular weight is 533 g/mol. The number of likely N-dealkylation sites (tertiary alicyclic amines) is 1. The van der Waals surface area contributed by atoms with Crippen LogP contribution in [0.15, 0.2) is 72.8 Å². The molecule has 39 heavy (non-hydrogen) atoms. The zero-order chi connectivity index (χ0) is 27.9. The van der Waals surface area contributed by atoms with Gasteiger partial charge in [-0.25, -0.2) is 4.79 Å². The molecule has 1 unspecified atom stereocenters. The second-order valence-corrected chi connectivity index (χ2v) is 9.23. The van der Waals surface area contributed by atoms with Gasteiger partial charge in [0, 0.05) is 24.6 Å². The van der Waals surface area contributed by atoms with Crippen LogP contribution in [0.3, 0.4) is 0 Å². The Kier molecular flexibility index (Phi) is 8.70. The lowest BCUT2D eigenvalue weighted by Gasteiger charge is -2.52. The number of ether oxygens (including phenoxy) is 3. The van der Waals surface area contributed by atoms with E-state index in [0.717, 1.165) is 23.0 Å². The highest BCUT2D eigenvalue weighted by atomic mass is 16.5. The average Bonchev–Trinajstić information content (AvgIpc) is 2.97. The number of rotatable bonds is 12. The molecule has 0 spiro atoms. The quantitative estimate of drug-likeness (QED) is 0.273. The Bertz CT molecular complexity index is 1300. The van der Waals surface area contributed by atoms with Gasteiger partial charge in [-0.15, -0.1) is 0 Å². The first-order valence-electron chi connectivity index (χ1n) is 12.6. The van der Waals surface area contributed by atoms with Gasteiger partial charge in [0.25, 0.3) is 0 Å². The number of carbonyl (C=O) groups is 3. The number of methoxy groups -OCH3 is 3. The van der Waals surface area contributed by atoms with Crippen molar-refractivity contribution >= 4 is 18.3 Å². The Morgan fingerprint density at radius 1 is 0.974 bits per heavy atom. The van der Waals surface area contributed by atoms with Gasteiger partial charge in [-0.2, -0.15) is 0 Å². The van der Waals surface area contributed by atoms with Gasteiger partial charge in [-0.3, -0.25) is 9.69 Å². The van der Waals surface area contributed by atoms with Crippen LogP contribution in [0, 0.1) is 0 Å². The molecule has 9 nitrogen and oxygen atoms in total. The molecule has 0 radical (unpaired) electrons. The Labute approximate surface area is 227 Å². The van der Waals surface area contributed by atoms with E-state index in [9.17, 15) is 19.5 Å². The zero-order valence-corrected chi connectivity index (χ0v) is 22.2. The maximum atomic E-state index is 13.6. The molecule has 3 aromatic rings. The Morgan fingerprint density at radius 2 is 1.64 bits per heavy atom. The Hall–Kier alpha value is -4.53. The molecule has 1 fully saturated rings. The summed E-state index contributed by atoms with van der Waals surface area (Å²) >= 11 is 0. The van der Waals surface area contributed by atoms with Gasteiger partial charge >= 0.3 is 6.09 Å². The van der Waals surface area contributed by atoms with Crippen LogP contribution in [0.5, 0.6) is 17.2 Å². The van der Waals surface area contributed by atoms with E-state index in [4.69, 9.17) is 14.2 Å². The summed E-state index contributed by atoms with van der Waals surface area (Å²) in [4.78, 5) is 40.9. The number of β-lactam (4-membered cyclic amide) rings is 1. The van der Waals surface area contributed by atoms with Crippen molar-refractivity contribution < 1.29 is 33.7 Å². The lowest BCUT2D eigenvalue weighted by Crippen LogP contribution is -2.71. The maximum Gasteiger partial charge on any atom is 0.408 e. The highest BCUT2D eigenvalue weighted by Gasteiger charge is 2.53. The van der Waals surface area contributed by atoms with Crippen molar-refractivity contribution in [2.75, 3.05) is 21.3 Å². The minimum atomic E-state index is -1.23. The summed E-state index contributed by atoms with van der Waals surface area (Å²) < 4.78 is 16.0. The minimum Gasteiger partial charge on any atom is -0.497 e. The molecule has 204 valence electrons. The first kappa shape index (κ1) is 27.5. The first-order chi connectivity index (χ1) is 18.9. The summed E-state index contributed by atoms with van der Waals surface area (Å²) in [7, 11) is 4.63. The van der Waals surface area contributed by atoms with Crippen molar-refractivity contribution in [1.82, 2.24) is 9.80 Å². The van der Waals surface area contributed by atoms with Crippen molar-refractivity contribution in [2.45, 2.75) is 37.5 Å².